The number of rotatable bonds is 2. The van der Waals surface area contributed by atoms with E-state index in [1.54, 1.807) is 20.8 Å². The Hall–Kier alpha value is -2.32. The molecule has 1 saturated heterocycles. The van der Waals surface area contributed by atoms with E-state index in [0.29, 0.717) is 12.1 Å². The van der Waals surface area contributed by atoms with Crippen LogP contribution in [-0.2, 0) is 20.9 Å². The summed E-state index contributed by atoms with van der Waals surface area (Å²) in [6.07, 6.45) is -5.25. The highest BCUT2D eigenvalue weighted by molar-refractivity contribution is 7.89. The van der Waals surface area contributed by atoms with E-state index in [2.05, 4.69) is 0 Å². The van der Waals surface area contributed by atoms with Crippen LogP contribution >= 0.6 is 0 Å². The molecule has 1 aliphatic rings. The molecule has 1 fully saturated rings. The van der Waals surface area contributed by atoms with Gasteiger partial charge in [-0.05, 0) is 45.0 Å². The zero-order chi connectivity index (χ0) is 21.3. The molecule has 154 valence electrons. The van der Waals surface area contributed by atoms with Crippen LogP contribution in [0.4, 0.5) is 18.0 Å². The van der Waals surface area contributed by atoms with Crippen molar-refractivity contribution < 1.29 is 31.1 Å². The molecule has 0 N–H and O–H groups in total. The van der Waals surface area contributed by atoms with Crippen LogP contribution in [0.3, 0.4) is 0 Å². The Morgan fingerprint density at radius 1 is 1.18 bits per heavy atom. The van der Waals surface area contributed by atoms with Crippen molar-refractivity contribution in [3.05, 3.63) is 29.8 Å². The Morgan fingerprint density at radius 2 is 1.75 bits per heavy atom. The Labute approximate surface area is 161 Å². The van der Waals surface area contributed by atoms with Crippen LogP contribution in [0.1, 0.15) is 26.3 Å². The first-order valence-corrected chi connectivity index (χ1v) is 9.76. The van der Waals surface area contributed by atoms with Crippen molar-refractivity contribution >= 4 is 16.1 Å². The largest absolute Gasteiger partial charge is 0.444 e. The van der Waals surface area contributed by atoms with Gasteiger partial charge in [0.1, 0.15) is 11.6 Å². The molecule has 1 aliphatic heterocycles. The van der Waals surface area contributed by atoms with E-state index in [1.165, 1.54) is 4.90 Å². The molecule has 11 heteroatoms. The molecule has 0 aromatic heterocycles. The first kappa shape index (κ1) is 22.0. The molecule has 2 rings (SSSR count). The zero-order valence-electron chi connectivity index (χ0n) is 15.5. The average Bonchev–Trinajstić information content (AvgIpc) is 2.59. The third kappa shape index (κ3) is 4.94. The van der Waals surface area contributed by atoms with Gasteiger partial charge in [-0.15, -0.1) is 0 Å². The number of hydrogen-bond donors (Lipinski definition) is 0. The summed E-state index contributed by atoms with van der Waals surface area (Å²) in [7, 11) is -4.21. The number of benzene rings is 1. The van der Waals surface area contributed by atoms with E-state index < -0.39 is 39.5 Å². The Bertz CT molecular complexity index is 871. The molecule has 7 nitrogen and oxygen atoms in total. The van der Waals surface area contributed by atoms with Crippen molar-refractivity contribution in [1.29, 1.82) is 5.26 Å². The molecule has 0 saturated carbocycles. The monoisotopic (exact) mass is 419 g/mol. The number of carbonyl (C=O) groups excluding carboxylic acids is 1. The number of piperazine rings is 1. The quantitative estimate of drug-likeness (QED) is 0.735. The molecular weight excluding hydrogens is 399 g/mol. The molecule has 0 unspecified atom stereocenters. The lowest BCUT2D eigenvalue weighted by Gasteiger charge is -2.37. The number of hydrogen-bond acceptors (Lipinski definition) is 5. The van der Waals surface area contributed by atoms with Gasteiger partial charge in [-0.2, -0.15) is 22.7 Å². The third-order valence-electron chi connectivity index (χ3n) is 3.92. The third-order valence-corrected chi connectivity index (χ3v) is 5.84. The molecule has 1 amide bonds. The Balaban J connectivity index is 2.21. The van der Waals surface area contributed by atoms with Crippen LogP contribution in [0.2, 0.25) is 0 Å². The van der Waals surface area contributed by atoms with E-state index >= 15 is 0 Å². The maximum absolute atomic E-state index is 12.8. The second kappa shape index (κ2) is 7.60. The summed E-state index contributed by atoms with van der Waals surface area (Å²) < 4.78 is 69.7. The number of sulfonamides is 1. The summed E-state index contributed by atoms with van der Waals surface area (Å²) in [5.41, 5.74) is -1.72. The van der Waals surface area contributed by atoms with E-state index in [9.17, 15) is 31.6 Å². The van der Waals surface area contributed by atoms with Gasteiger partial charge in [0.05, 0.1) is 23.1 Å². The van der Waals surface area contributed by atoms with E-state index in [1.807, 2.05) is 6.07 Å². The van der Waals surface area contributed by atoms with Gasteiger partial charge in [0.15, 0.2) is 0 Å². The number of nitrogens with zero attached hydrogens (tertiary/aromatic N) is 3. The average molecular weight is 419 g/mol. The maximum Gasteiger partial charge on any atom is 0.416 e. The van der Waals surface area contributed by atoms with Gasteiger partial charge in [-0.25, -0.2) is 13.2 Å². The summed E-state index contributed by atoms with van der Waals surface area (Å²) in [5, 5.41) is 9.37. The standard InChI is InChI=1S/C17H20F3N3O4S/c1-16(2,3)27-15(24)22-8-9-23(13(10-21)11-22)28(25,26)14-6-4-12(5-7-14)17(18,19)20/h4-7,13H,8-9,11H2,1-3H3/t13-/m1/s1. The van der Waals surface area contributed by atoms with Gasteiger partial charge in [0.2, 0.25) is 10.0 Å². The highest BCUT2D eigenvalue weighted by Crippen LogP contribution is 2.30. The van der Waals surface area contributed by atoms with E-state index in [0.717, 1.165) is 16.4 Å². The lowest BCUT2D eigenvalue weighted by molar-refractivity contribution is -0.137. The predicted octanol–water partition coefficient (Wildman–Crippen LogP) is 2.84. The molecule has 1 heterocycles. The number of alkyl halides is 3. The van der Waals surface area contributed by atoms with Gasteiger partial charge in [0, 0.05) is 13.1 Å². The van der Waals surface area contributed by atoms with E-state index in [-0.39, 0.29) is 24.5 Å². The predicted molar refractivity (Wildman–Crippen MR) is 92.5 cm³/mol. The fourth-order valence-electron chi connectivity index (χ4n) is 2.60. The van der Waals surface area contributed by atoms with Crippen LogP contribution in [-0.4, -0.2) is 55.0 Å². The summed E-state index contributed by atoms with van der Waals surface area (Å²) in [5.74, 6) is 0. The van der Waals surface area contributed by atoms with Crippen LogP contribution in [0.25, 0.3) is 0 Å². The van der Waals surface area contributed by atoms with E-state index in [4.69, 9.17) is 4.74 Å². The molecule has 28 heavy (non-hydrogen) atoms. The molecule has 0 aliphatic carbocycles. The number of carbonyl (C=O) groups is 1. The number of ether oxygens (including phenoxy) is 1. The lowest BCUT2D eigenvalue weighted by Crippen LogP contribution is -2.56. The maximum atomic E-state index is 12.8. The zero-order valence-corrected chi connectivity index (χ0v) is 16.3. The summed E-state index contributed by atoms with van der Waals surface area (Å²) in [6, 6.07) is 3.70. The first-order valence-electron chi connectivity index (χ1n) is 8.32. The fourth-order valence-corrected chi connectivity index (χ4v) is 4.12. The van der Waals surface area contributed by atoms with Crippen molar-refractivity contribution in [2.45, 2.75) is 43.5 Å². The van der Waals surface area contributed by atoms with Crippen LogP contribution in [0, 0.1) is 11.3 Å². The molecule has 0 spiro atoms. The molecule has 1 aromatic carbocycles. The minimum atomic E-state index is -4.59. The second-order valence-corrected chi connectivity index (χ2v) is 9.10. The Kier molecular flexibility index (Phi) is 5.96. The normalized spacial score (nSPS) is 19.2. The summed E-state index contributed by atoms with van der Waals surface area (Å²) >= 11 is 0. The molecule has 1 aromatic rings. The van der Waals surface area contributed by atoms with Crippen LogP contribution in [0.15, 0.2) is 29.2 Å². The van der Waals surface area contributed by atoms with Crippen molar-refractivity contribution in [3.8, 4) is 6.07 Å². The number of amides is 1. The van der Waals surface area contributed by atoms with Crippen LogP contribution < -0.4 is 0 Å². The first-order chi connectivity index (χ1) is 12.8. The Morgan fingerprint density at radius 3 is 2.21 bits per heavy atom. The van der Waals surface area contributed by atoms with Crippen molar-refractivity contribution in [3.63, 3.8) is 0 Å². The van der Waals surface area contributed by atoms with Gasteiger partial charge in [-0.1, -0.05) is 0 Å². The van der Waals surface area contributed by atoms with Crippen LogP contribution in [0.5, 0.6) is 0 Å². The minimum absolute atomic E-state index is 0.00699. The fraction of sp³-hybridized carbons (Fsp3) is 0.529. The smallest absolute Gasteiger partial charge is 0.416 e. The molecular formula is C17H20F3N3O4S. The van der Waals surface area contributed by atoms with Gasteiger partial charge >= 0.3 is 12.3 Å². The van der Waals surface area contributed by atoms with Gasteiger partial charge < -0.3 is 9.64 Å². The molecule has 0 radical (unpaired) electrons. The van der Waals surface area contributed by atoms with Gasteiger partial charge in [0.25, 0.3) is 0 Å². The SMILES string of the molecule is CC(C)(C)OC(=O)N1CCN(S(=O)(=O)c2ccc(C(F)(F)F)cc2)[C@H](C#N)C1. The highest BCUT2D eigenvalue weighted by atomic mass is 32.2. The molecule has 0 bridgehead atoms. The number of nitriles is 1. The summed E-state index contributed by atoms with van der Waals surface area (Å²) in [4.78, 5) is 13.0. The van der Waals surface area contributed by atoms with Crippen molar-refractivity contribution in [2.24, 2.45) is 0 Å². The number of halogens is 3. The minimum Gasteiger partial charge on any atom is -0.444 e. The highest BCUT2D eigenvalue weighted by Gasteiger charge is 2.39. The van der Waals surface area contributed by atoms with Gasteiger partial charge in [-0.3, -0.25) is 0 Å². The van der Waals surface area contributed by atoms with Crippen molar-refractivity contribution in [1.82, 2.24) is 9.21 Å². The topological polar surface area (TPSA) is 90.7 Å². The lowest BCUT2D eigenvalue weighted by atomic mass is 10.2. The summed E-state index contributed by atoms with van der Waals surface area (Å²) in [6.45, 7) is 4.65. The second-order valence-electron chi connectivity index (χ2n) is 7.21. The molecule has 1 atom stereocenters. The van der Waals surface area contributed by atoms with Crippen molar-refractivity contribution in [2.75, 3.05) is 19.6 Å².